The molecule has 2 aliphatic rings. The minimum atomic E-state index is -0.287. The SMILES string of the molecule is COc1cc2nc(C3CC3)nc(N3CCC(O)C3)c2cc1OC. The van der Waals surface area contributed by atoms with Gasteiger partial charge < -0.3 is 19.5 Å². The van der Waals surface area contributed by atoms with Gasteiger partial charge in [0.15, 0.2) is 11.5 Å². The lowest BCUT2D eigenvalue weighted by molar-refractivity contribution is 0.198. The molecule has 122 valence electrons. The van der Waals surface area contributed by atoms with E-state index in [0.29, 0.717) is 24.0 Å². The lowest BCUT2D eigenvalue weighted by atomic mass is 10.2. The molecule has 1 aromatic carbocycles. The molecule has 0 amide bonds. The molecule has 4 rings (SSSR count). The molecule has 6 nitrogen and oxygen atoms in total. The zero-order chi connectivity index (χ0) is 16.0. The van der Waals surface area contributed by atoms with Gasteiger partial charge in [0.05, 0.1) is 25.8 Å². The number of hydrogen-bond acceptors (Lipinski definition) is 6. The summed E-state index contributed by atoms with van der Waals surface area (Å²) < 4.78 is 10.8. The smallest absolute Gasteiger partial charge is 0.162 e. The number of nitrogens with zero attached hydrogens (tertiary/aromatic N) is 3. The summed E-state index contributed by atoms with van der Waals surface area (Å²) in [6, 6.07) is 3.85. The summed E-state index contributed by atoms with van der Waals surface area (Å²) in [6.45, 7) is 1.43. The second-order valence-corrected chi connectivity index (χ2v) is 6.29. The van der Waals surface area contributed by atoms with E-state index in [2.05, 4.69) is 4.90 Å². The Kier molecular flexibility index (Phi) is 3.49. The molecule has 1 aliphatic carbocycles. The highest BCUT2D eigenvalue weighted by Gasteiger charge is 2.30. The van der Waals surface area contributed by atoms with Crippen molar-refractivity contribution in [2.45, 2.75) is 31.3 Å². The maximum Gasteiger partial charge on any atom is 0.162 e. The Balaban J connectivity index is 1.90. The van der Waals surface area contributed by atoms with Crippen molar-refractivity contribution in [3.63, 3.8) is 0 Å². The highest BCUT2D eigenvalue weighted by molar-refractivity contribution is 5.92. The Labute approximate surface area is 135 Å². The highest BCUT2D eigenvalue weighted by Crippen LogP contribution is 2.42. The van der Waals surface area contributed by atoms with Crippen LogP contribution in [0.3, 0.4) is 0 Å². The second-order valence-electron chi connectivity index (χ2n) is 6.29. The zero-order valence-electron chi connectivity index (χ0n) is 13.5. The largest absolute Gasteiger partial charge is 0.493 e. The number of aliphatic hydroxyl groups is 1. The number of ether oxygens (including phenoxy) is 2. The fourth-order valence-corrected chi connectivity index (χ4v) is 3.16. The van der Waals surface area contributed by atoms with Crippen molar-refractivity contribution in [3.05, 3.63) is 18.0 Å². The highest BCUT2D eigenvalue weighted by atomic mass is 16.5. The first kappa shape index (κ1) is 14.5. The average Bonchev–Trinajstić information content (AvgIpc) is 3.34. The van der Waals surface area contributed by atoms with E-state index < -0.39 is 0 Å². The fraction of sp³-hybridized carbons (Fsp3) is 0.529. The van der Waals surface area contributed by atoms with Crippen molar-refractivity contribution in [1.82, 2.24) is 9.97 Å². The van der Waals surface area contributed by atoms with E-state index in [9.17, 15) is 5.11 Å². The molecule has 1 saturated carbocycles. The molecule has 0 radical (unpaired) electrons. The van der Waals surface area contributed by atoms with Crippen LogP contribution in [0.25, 0.3) is 10.9 Å². The minimum Gasteiger partial charge on any atom is -0.493 e. The number of hydrogen-bond donors (Lipinski definition) is 1. The van der Waals surface area contributed by atoms with Crippen molar-refractivity contribution < 1.29 is 14.6 Å². The van der Waals surface area contributed by atoms with Crippen molar-refractivity contribution in [3.8, 4) is 11.5 Å². The third kappa shape index (κ3) is 2.57. The summed E-state index contributed by atoms with van der Waals surface area (Å²) >= 11 is 0. The van der Waals surface area contributed by atoms with Crippen molar-refractivity contribution in [1.29, 1.82) is 0 Å². The number of aliphatic hydroxyl groups excluding tert-OH is 1. The van der Waals surface area contributed by atoms with Crippen LogP contribution in [0.4, 0.5) is 5.82 Å². The predicted octanol–water partition coefficient (Wildman–Crippen LogP) is 2.10. The fourth-order valence-electron chi connectivity index (χ4n) is 3.16. The first-order valence-electron chi connectivity index (χ1n) is 8.06. The van der Waals surface area contributed by atoms with Gasteiger partial charge >= 0.3 is 0 Å². The van der Waals surface area contributed by atoms with Crippen LogP contribution < -0.4 is 14.4 Å². The van der Waals surface area contributed by atoms with Gasteiger partial charge in [0.2, 0.25) is 0 Å². The first-order valence-corrected chi connectivity index (χ1v) is 8.06. The molecule has 1 aliphatic heterocycles. The Bertz CT molecular complexity index is 745. The van der Waals surface area contributed by atoms with Gasteiger partial charge in [-0.3, -0.25) is 0 Å². The number of fused-ring (bicyclic) bond motifs is 1. The topological polar surface area (TPSA) is 67.7 Å². The third-order valence-electron chi connectivity index (χ3n) is 4.60. The van der Waals surface area contributed by atoms with E-state index in [4.69, 9.17) is 19.4 Å². The number of methoxy groups -OCH3 is 2. The monoisotopic (exact) mass is 315 g/mol. The van der Waals surface area contributed by atoms with Gasteiger partial charge in [0.1, 0.15) is 11.6 Å². The number of anilines is 1. The summed E-state index contributed by atoms with van der Waals surface area (Å²) in [5.41, 5.74) is 0.871. The van der Waals surface area contributed by atoms with E-state index >= 15 is 0 Å². The standard InChI is InChI=1S/C17H21N3O3/c1-22-14-7-12-13(8-15(14)23-2)18-16(10-3-4-10)19-17(12)20-6-5-11(21)9-20/h7-8,10-11,21H,3-6,9H2,1-2H3. The van der Waals surface area contributed by atoms with E-state index in [1.807, 2.05) is 12.1 Å². The van der Waals surface area contributed by atoms with Crippen LogP contribution in [0.1, 0.15) is 31.0 Å². The maximum atomic E-state index is 9.88. The summed E-state index contributed by atoms with van der Waals surface area (Å²) in [5.74, 6) is 3.62. The number of rotatable bonds is 4. The molecule has 2 heterocycles. The Morgan fingerprint density at radius 3 is 2.43 bits per heavy atom. The molecule has 1 unspecified atom stereocenters. The Hall–Kier alpha value is -2.08. The van der Waals surface area contributed by atoms with E-state index in [0.717, 1.165) is 48.4 Å². The second kappa shape index (κ2) is 5.53. The van der Waals surface area contributed by atoms with Gasteiger partial charge in [-0.15, -0.1) is 0 Å². The van der Waals surface area contributed by atoms with Crippen LogP contribution in [0, 0.1) is 0 Å². The first-order chi connectivity index (χ1) is 11.2. The van der Waals surface area contributed by atoms with Gasteiger partial charge in [0.25, 0.3) is 0 Å². The Morgan fingerprint density at radius 2 is 1.83 bits per heavy atom. The minimum absolute atomic E-state index is 0.287. The molecule has 2 fully saturated rings. The lowest BCUT2D eigenvalue weighted by Gasteiger charge is -2.20. The maximum absolute atomic E-state index is 9.88. The lowest BCUT2D eigenvalue weighted by Crippen LogP contribution is -2.23. The molecule has 0 bridgehead atoms. The van der Waals surface area contributed by atoms with Crippen molar-refractivity contribution in [2.24, 2.45) is 0 Å². The van der Waals surface area contributed by atoms with Gasteiger partial charge in [-0.05, 0) is 25.3 Å². The molecule has 0 spiro atoms. The molecule has 1 atom stereocenters. The van der Waals surface area contributed by atoms with Crippen LogP contribution >= 0.6 is 0 Å². The Morgan fingerprint density at radius 1 is 1.09 bits per heavy atom. The molecule has 1 N–H and O–H groups in total. The van der Waals surface area contributed by atoms with E-state index in [1.165, 1.54) is 0 Å². The van der Waals surface area contributed by atoms with Crippen LogP contribution in [-0.2, 0) is 0 Å². The average molecular weight is 315 g/mol. The van der Waals surface area contributed by atoms with Crippen molar-refractivity contribution >= 4 is 16.7 Å². The van der Waals surface area contributed by atoms with Crippen LogP contribution in [-0.4, -0.2) is 48.5 Å². The van der Waals surface area contributed by atoms with Crippen molar-refractivity contribution in [2.75, 3.05) is 32.2 Å². The number of aromatic nitrogens is 2. The molecular weight excluding hydrogens is 294 g/mol. The normalized spacial score (nSPS) is 21.0. The number of benzene rings is 1. The van der Waals surface area contributed by atoms with Crippen LogP contribution in [0.15, 0.2) is 12.1 Å². The quantitative estimate of drug-likeness (QED) is 0.932. The van der Waals surface area contributed by atoms with E-state index in [-0.39, 0.29) is 6.10 Å². The van der Waals surface area contributed by atoms with E-state index in [1.54, 1.807) is 14.2 Å². The summed E-state index contributed by atoms with van der Waals surface area (Å²) in [6.07, 6.45) is 2.80. The molecule has 1 saturated heterocycles. The number of β-amino-alcohol motifs (C(OH)–C–C–N with tert-alkyl or cyclic N) is 1. The van der Waals surface area contributed by atoms with Crippen LogP contribution in [0.2, 0.25) is 0 Å². The third-order valence-corrected chi connectivity index (χ3v) is 4.60. The molecule has 1 aromatic heterocycles. The molecular formula is C17H21N3O3. The molecule has 23 heavy (non-hydrogen) atoms. The summed E-state index contributed by atoms with van der Waals surface area (Å²) in [5, 5.41) is 10.8. The summed E-state index contributed by atoms with van der Waals surface area (Å²) in [4.78, 5) is 11.7. The molecule has 2 aromatic rings. The van der Waals surface area contributed by atoms with Gasteiger partial charge in [-0.1, -0.05) is 0 Å². The zero-order valence-corrected chi connectivity index (χ0v) is 13.5. The van der Waals surface area contributed by atoms with Gasteiger partial charge in [0, 0.05) is 30.5 Å². The summed E-state index contributed by atoms with van der Waals surface area (Å²) in [7, 11) is 3.26. The van der Waals surface area contributed by atoms with Gasteiger partial charge in [-0.2, -0.15) is 0 Å². The van der Waals surface area contributed by atoms with Crippen LogP contribution in [0.5, 0.6) is 11.5 Å². The van der Waals surface area contributed by atoms with Gasteiger partial charge in [-0.25, -0.2) is 9.97 Å². The predicted molar refractivity (Wildman–Crippen MR) is 87.5 cm³/mol. The molecule has 6 heteroatoms.